The third-order valence-corrected chi connectivity index (χ3v) is 5.88. The predicted molar refractivity (Wildman–Crippen MR) is 102 cm³/mol. The van der Waals surface area contributed by atoms with E-state index in [2.05, 4.69) is 11.1 Å². The maximum Gasteiger partial charge on any atom is 0.254 e. The largest absolute Gasteiger partial charge is 0.493 e. The Labute approximate surface area is 159 Å². The summed E-state index contributed by atoms with van der Waals surface area (Å²) in [6, 6.07) is 9.29. The van der Waals surface area contributed by atoms with Crippen molar-refractivity contribution in [2.45, 2.75) is 25.7 Å². The van der Waals surface area contributed by atoms with E-state index in [1.807, 2.05) is 6.07 Å². The van der Waals surface area contributed by atoms with Crippen LogP contribution in [-0.4, -0.2) is 13.0 Å². The van der Waals surface area contributed by atoms with Gasteiger partial charge in [-0.1, -0.05) is 12.1 Å². The van der Waals surface area contributed by atoms with E-state index < -0.39 is 5.91 Å². The van der Waals surface area contributed by atoms with Gasteiger partial charge in [-0.3, -0.25) is 4.79 Å². The number of aryl methyl sites for hydroxylation is 1. The lowest BCUT2D eigenvalue weighted by molar-refractivity contribution is 0.0996. The first kappa shape index (κ1) is 17.3. The number of hydrogen-bond acceptors (Lipinski definition) is 6. The molecule has 3 aromatic rings. The molecular weight excluding hydrogens is 362 g/mol. The number of hydrogen-bond donors (Lipinski definition) is 1. The summed E-state index contributed by atoms with van der Waals surface area (Å²) in [5, 5.41) is 10.9. The minimum atomic E-state index is -0.637. The van der Waals surface area contributed by atoms with Crippen LogP contribution in [0.1, 0.15) is 39.2 Å². The first-order chi connectivity index (χ1) is 13.1. The summed E-state index contributed by atoms with van der Waals surface area (Å²) in [5.74, 6) is -0.104. The van der Waals surface area contributed by atoms with E-state index in [0.717, 1.165) is 31.2 Å². The molecule has 0 bridgehead atoms. The highest BCUT2D eigenvalue weighted by molar-refractivity contribution is 7.16. The van der Waals surface area contributed by atoms with E-state index in [1.54, 1.807) is 25.3 Å². The Balaban J connectivity index is 2.01. The molecule has 1 aromatic carbocycles. The number of fused-ring (bicyclic) bond motifs is 2. The van der Waals surface area contributed by atoms with Crippen molar-refractivity contribution in [1.82, 2.24) is 0 Å². The molecule has 2 aromatic heterocycles. The van der Waals surface area contributed by atoms with Crippen molar-refractivity contribution in [3.05, 3.63) is 51.4 Å². The van der Waals surface area contributed by atoms with Crippen molar-refractivity contribution in [2.75, 3.05) is 7.11 Å². The predicted octanol–water partition coefficient (Wildman–Crippen LogP) is 3.58. The number of para-hydroxylation sites is 1. The SMILES string of the molecule is COc1cccc2cc(C(N)=O)c(=Nc3sc4c(c3C#N)CCCC4)oc12. The van der Waals surface area contributed by atoms with Crippen molar-refractivity contribution in [3.8, 4) is 11.8 Å². The molecule has 0 saturated heterocycles. The summed E-state index contributed by atoms with van der Waals surface area (Å²) in [7, 11) is 1.55. The summed E-state index contributed by atoms with van der Waals surface area (Å²) >= 11 is 1.48. The molecule has 0 unspecified atom stereocenters. The molecule has 2 heterocycles. The van der Waals surface area contributed by atoms with E-state index in [4.69, 9.17) is 14.9 Å². The van der Waals surface area contributed by atoms with Gasteiger partial charge in [0.15, 0.2) is 11.3 Å². The zero-order valence-corrected chi connectivity index (χ0v) is 15.6. The molecule has 0 aliphatic heterocycles. The van der Waals surface area contributed by atoms with Crippen molar-refractivity contribution >= 4 is 33.2 Å². The smallest absolute Gasteiger partial charge is 0.254 e. The van der Waals surface area contributed by atoms with Gasteiger partial charge >= 0.3 is 0 Å². The zero-order chi connectivity index (χ0) is 19.0. The van der Waals surface area contributed by atoms with Crippen molar-refractivity contribution in [3.63, 3.8) is 0 Å². The van der Waals surface area contributed by atoms with Crippen LogP contribution in [0.2, 0.25) is 0 Å². The van der Waals surface area contributed by atoms with E-state index in [-0.39, 0.29) is 11.1 Å². The first-order valence-electron chi connectivity index (χ1n) is 8.62. The Morgan fingerprint density at radius 3 is 2.93 bits per heavy atom. The van der Waals surface area contributed by atoms with E-state index in [0.29, 0.717) is 27.3 Å². The number of nitriles is 1. The van der Waals surface area contributed by atoms with Gasteiger partial charge in [-0.2, -0.15) is 5.26 Å². The first-order valence-corrected chi connectivity index (χ1v) is 9.44. The van der Waals surface area contributed by atoms with E-state index in [1.165, 1.54) is 16.2 Å². The minimum Gasteiger partial charge on any atom is -0.493 e. The number of rotatable bonds is 3. The lowest BCUT2D eigenvalue weighted by atomic mass is 9.96. The second-order valence-electron chi connectivity index (χ2n) is 6.32. The van der Waals surface area contributed by atoms with Gasteiger partial charge in [-0.05, 0) is 43.4 Å². The van der Waals surface area contributed by atoms with Crippen molar-refractivity contribution < 1.29 is 13.9 Å². The van der Waals surface area contributed by atoms with Crippen LogP contribution < -0.4 is 16.0 Å². The molecule has 0 atom stereocenters. The Hall–Kier alpha value is -3.11. The van der Waals surface area contributed by atoms with E-state index >= 15 is 0 Å². The minimum absolute atomic E-state index is 0.0922. The van der Waals surface area contributed by atoms with Gasteiger partial charge < -0.3 is 14.9 Å². The molecule has 136 valence electrons. The molecule has 0 radical (unpaired) electrons. The maximum absolute atomic E-state index is 12.0. The number of nitrogens with two attached hydrogens (primary N) is 1. The van der Waals surface area contributed by atoms with E-state index in [9.17, 15) is 10.1 Å². The van der Waals surface area contributed by atoms with Crippen LogP contribution in [-0.2, 0) is 12.8 Å². The molecule has 1 aliphatic carbocycles. The fourth-order valence-electron chi connectivity index (χ4n) is 3.38. The molecular formula is C20H17N3O3S. The molecule has 1 aliphatic rings. The Bertz CT molecular complexity index is 1170. The Morgan fingerprint density at radius 1 is 1.37 bits per heavy atom. The fourth-order valence-corrected chi connectivity index (χ4v) is 4.59. The molecule has 0 fully saturated rings. The molecule has 0 spiro atoms. The highest BCUT2D eigenvalue weighted by Crippen LogP contribution is 2.39. The Kier molecular flexibility index (Phi) is 4.42. The number of thiophene rings is 1. The van der Waals surface area contributed by atoms with Crippen molar-refractivity contribution in [1.29, 1.82) is 5.26 Å². The van der Waals surface area contributed by atoms with Gasteiger partial charge in [0.25, 0.3) is 5.91 Å². The van der Waals surface area contributed by atoms with Crippen molar-refractivity contribution in [2.24, 2.45) is 10.7 Å². The van der Waals surface area contributed by atoms with Gasteiger partial charge in [-0.15, -0.1) is 11.3 Å². The third kappa shape index (κ3) is 2.98. The van der Waals surface area contributed by atoms with Crippen LogP contribution >= 0.6 is 11.3 Å². The van der Waals surface area contributed by atoms with Gasteiger partial charge in [0.2, 0.25) is 5.55 Å². The molecule has 2 N–H and O–H groups in total. The molecule has 7 heteroatoms. The summed E-state index contributed by atoms with van der Waals surface area (Å²) in [4.78, 5) is 17.7. The number of benzene rings is 1. The van der Waals surface area contributed by atoms with Crippen LogP contribution in [0.15, 0.2) is 33.7 Å². The van der Waals surface area contributed by atoms with Crippen LogP contribution in [0, 0.1) is 11.3 Å². The Morgan fingerprint density at radius 2 is 2.19 bits per heavy atom. The lowest BCUT2D eigenvalue weighted by Crippen LogP contribution is -2.21. The number of nitrogens with zero attached hydrogens (tertiary/aromatic N) is 2. The van der Waals surface area contributed by atoms with Crippen LogP contribution in [0.25, 0.3) is 11.0 Å². The lowest BCUT2D eigenvalue weighted by Gasteiger charge is -2.09. The van der Waals surface area contributed by atoms with Crippen LogP contribution in [0.5, 0.6) is 5.75 Å². The van der Waals surface area contributed by atoms with Crippen LogP contribution in [0.3, 0.4) is 0 Å². The molecule has 0 saturated carbocycles. The fraction of sp³-hybridized carbons (Fsp3) is 0.250. The highest BCUT2D eigenvalue weighted by Gasteiger charge is 2.21. The second kappa shape index (κ2) is 6.89. The summed E-state index contributed by atoms with van der Waals surface area (Å²) in [5.41, 5.74) is 7.93. The number of carbonyl (C=O) groups excluding carboxylic acids is 1. The summed E-state index contributed by atoms with van der Waals surface area (Å²) in [6.45, 7) is 0. The quantitative estimate of drug-likeness (QED) is 0.751. The average molecular weight is 379 g/mol. The number of methoxy groups -OCH3 is 1. The maximum atomic E-state index is 12.0. The van der Waals surface area contributed by atoms with Gasteiger partial charge in [-0.25, -0.2) is 4.99 Å². The second-order valence-corrected chi connectivity index (χ2v) is 7.41. The highest BCUT2D eigenvalue weighted by atomic mass is 32.1. The van der Waals surface area contributed by atoms with Gasteiger partial charge in [0, 0.05) is 10.3 Å². The third-order valence-electron chi connectivity index (χ3n) is 4.69. The molecule has 1 amide bonds. The molecule has 4 rings (SSSR count). The van der Waals surface area contributed by atoms with Gasteiger partial charge in [0.05, 0.1) is 12.7 Å². The molecule has 6 nitrogen and oxygen atoms in total. The van der Waals surface area contributed by atoms with Gasteiger partial charge in [0.1, 0.15) is 16.6 Å². The number of ether oxygens (including phenoxy) is 1. The monoisotopic (exact) mass is 379 g/mol. The van der Waals surface area contributed by atoms with Crippen LogP contribution in [0.4, 0.5) is 5.00 Å². The zero-order valence-electron chi connectivity index (χ0n) is 14.7. The summed E-state index contributed by atoms with van der Waals surface area (Å²) in [6.07, 6.45) is 4.02. The number of carbonyl (C=O) groups is 1. The normalized spacial score (nSPS) is 14.0. The number of amides is 1. The topological polar surface area (TPSA) is 102 Å². The average Bonchev–Trinajstić information content (AvgIpc) is 3.03. The molecule has 27 heavy (non-hydrogen) atoms. The standard InChI is InChI=1S/C20H17N3O3S/c1-25-15-7-4-5-11-9-13(18(22)24)19(26-17(11)15)23-20-14(10-21)12-6-2-3-8-16(12)27-20/h4-5,7,9H,2-3,6,8H2,1H3,(H2,22,24). The summed E-state index contributed by atoms with van der Waals surface area (Å²) < 4.78 is 11.3. The number of primary amides is 1.